The molecule has 0 fully saturated rings. The van der Waals surface area contributed by atoms with Crippen LogP contribution in [0.2, 0.25) is 0 Å². The van der Waals surface area contributed by atoms with Crippen molar-refractivity contribution in [1.82, 2.24) is 0 Å². The van der Waals surface area contributed by atoms with Gasteiger partial charge in [-0.2, -0.15) is 0 Å². The summed E-state index contributed by atoms with van der Waals surface area (Å²) in [7, 11) is -9.25. The van der Waals surface area contributed by atoms with Gasteiger partial charge in [0.2, 0.25) is 0 Å². The Morgan fingerprint density at radius 1 is 0.818 bits per heavy atom. The second-order valence-corrected chi connectivity index (χ2v) is 12.4. The Bertz CT molecular complexity index is 1190. The van der Waals surface area contributed by atoms with Gasteiger partial charge in [0.05, 0.1) is 16.4 Å². The van der Waals surface area contributed by atoms with Crippen LogP contribution in [0.1, 0.15) is 53.4 Å². The number of nitrogens with zero attached hydrogens (tertiary/aromatic N) is 2. The quantitative estimate of drug-likeness (QED) is 0.164. The summed E-state index contributed by atoms with van der Waals surface area (Å²) in [6.07, 6.45) is 4.15. The number of hydrogen-bond donors (Lipinski definition) is 0. The van der Waals surface area contributed by atoms with Crippen LogP contribution in [0.3, 0.4) is 0 Å². The molecule has 0 unspecified atom stereocenters. The van der Waals surface area contributed by atoms with Gasteiger partial charge in [0, 0.05) is 0 Å². The van der Waals surface area contributed by atoms with Crippen molar-refractivity contribution in [2.45, 2.75) is 68.8 Å². The van der Waals surface area contributed by atoms with Crippen molar-refractivity contribution in [2.24, 2.45) is 0 Å². The fourth-order valence-electron chi connectivity index (χ4n) is 2.93. The molecular weight excluding hydrogens is 464 g/mol. The van der Waals surface area contributed by atoms with Gasteiger partial charge in [-0.3, -0.25) is 0 Å². The molecule has 0 spiro atoms. The molecule has 2 rings (SSSR count). The molecule has 0 aliphatic heterocycles. The summed E-state index contributed by atoms with van der Waals surface area (Å²) in [5.74, 6) is 0.877. The van der Waals surface area contributed by atoms with E-state index in [1.807, 2.05) is 20.8 Å². The number of ether oxygens (including phenoxy) is 2. The Hall–Kier alpha value is -2.68. The van der Waals surface area contributed by atoms with Crippen LogP contribution in [-0.2, 0) is 19.7 Å². The second-order valence-electron chi connectivity index (χ2n) is 8.44. The molecule has 0 aliphatic rings. The van der Waals surface area contributed by atoms with Gasteiger partial charge in [-0.1, -0.05) is 26.2 Å². The maximum absolute atomic E-state index is 12.9. The van der Waals surface area contributed by atoms with E-state index < -0.39 is 29.7 Å². The molecule has 0 heterocycles. The molecule has 2 aromatic carbocycles. The Morgan fingerprint density at radius 3 is 1.73 bits per heavy atom. The fraction of sp³-hybridized carbons (Fsp3) is 0.435. The zero-order chi connectivity index (χ0) is 24.7. The topological polar surface area (TPSA) is 123 Å². The maximum atomic E-state index is 12.9. The van der Waals surface area contributed by atoms with E-state index >= 15 is 0 Å². The Labute approximate surface area is 196 Å². The minimum Gasteiger partial charge on any atom is -0.494 e. The summed E-state index contributed by atoms with van der Waals surface area (Å²) in [5.41, 5.74) is 8.86. The van der Waals surface area contributed by atoms with Gasteiger partial charge in [0.15, 0.2) is 0 Å². The van der Waals surface area contributed by atoms with Gasteiger partial charge >= 0.3 is 4.38 Å². The van der Waals surface area contributed by atoms with Crippen molar-refractivity contribution in [3.05, 3.63) is 54.1 Å². The molecule has 0 aromatic heterocycles. The molecule has 0 amide bonds. The van der Waals surface area contributed by atoms with E-state index in [0.29, 0.717) is 18.1 Å². The highest BCUT2D eigenvalue weighted by Gasteiger charge is 2.44. The number of sulfone groups is 2. The molecule has 33 heavy (non-hydrogen) atoms. The summed E-state index contributed by atoms with van der Waals surface area (Å²) >= 11 is 0. The Morgan fingerprint density at radius 2 is 1.30 bits per heavy atom. The molecule has 0 saturated carbocycles. The first-order chi connectivity index (χ1) is 15.4. The van der Waals surface area contributed by atoms with E-state index in [1.54, 1.807) is 0 Å². The van der Waals surface area contributed by atoms with Crippen LogP contribution in [0.25, 0.3) is 5.53 Å². The van der Waals surface area contributed by atoms with Crippen molar-refractivity contribution in [1.29, 1.82) is 0 Å². The lowest BCUT2D eigenvalue weighted by molar-refractivity contribution is 0.00380. The molecular formula is C23H30N2O6S2. The van der Waals surface area contributed by atoms with Crippen molar-refractivity contribution < 1.29 is 31.1 Å². The third kappa shape index (κ3) is 7.15. The van der Waals surface area contributed by atoms with Crippen LogP contribution in [0, 0.1) is 0 Å². The average Bonchev–Trinajstić information content (AvgIpc) is 2.73. The van der Waals surface area contributed by atoms with Crippen molar-refractivity contribution in [2.75, 3.05) is 6.61 Å². The summed E-state index contributed by atoms with van der Waals surface area (Å²) in [6, 6.07) is 10.5. The zero-order valence-electron chi connectivity index (χ0n) is 19.3. The second kappa shape index (κ2) is 11.0. The minimum atomic E-state index is -4.63. The van der Waals surface area contributed by atoms with Gasteiger partial charge in [-0.15, -0.1) is 4.79 Å². The van der Waals surface area contributed by atoms with Crippen LogP contribution >= 0.6 is 0 Å². The predicted molar refractivity (Wildman–Crippen MR) is 126 cm³/mol. The number of rotatable bonds is 9. The molecule has 8 nitrogen and oxygen atoms in total. The maximum Gasteiger partial charge on any atom is 0.504 e. The Kier molecular flexibility index (Phi) is 8.82. The highest BCUT2D eigenvalue weighted by Crippen LogP contribution is 2.25. The van der Waals surface area contributed by atoms with E-state index in [2.05, 4.69) is 11.7 Å². The third-order valence-corrected chi connectivity index (χ3v) is 8.69. The number of hydrogen-bond acceptors (Lipinski definition) is 6. The zero-order valence-corrected chi connectivity index (χ0v) is 20.9. The average molecular weight is 495 g/mol. The van der Waals surface area contributed by atoms with E-state index in [4.69, 9.17) is 9.47 Å². The van der Waals surface area contributed by atoms with Crippen molar-refractivity contribution in [3.63, 3.8) is 0 Å². The highest BCUT2D eigenvalue weighted by atomic mass is 32.3. The SMILES string of the molecule is CCCCCCOc1ccc(S(=O)(=O)C(=[N+]=[N-])S(=O)(=O)c2ccc(OC(C)(C)C)cc2)cc1. The summed E-state index contributed by atoms with van der Waals surface area (Å²) in [4.78, 5) is 1.98. The van der Waals surface area contributed by atoms with Gasteiger partial charge in [0.1, 0.15) is 17.1 Å². The van der Waals surface area contributed by atoms with E-state index in [9.17, 15) is 22.4 Å². The van der Waals surface area contributed by atoms with Crippen molar-refractivity contribution in [3.8, 4) is 11.5 Å². The monoisotopic (exact) mass is 494 g/mol. The smallest absolute Gasteiger partial charge is 0.494 e. The normalized spacial score (nSPS) is 12.1. The minimum absolute atomic E-state index is 0.329. The fourth-order valence-corrected chi connectivity index (χ4v) is 6.27. The molecule has 180 valence electrons. The van der Waals surface area contributed by atoms with Crippen LogP contribution in [0.4, 0.5) is 0 Å². The summed E-state index contributed by atoms with van der Waals surface area (Å²) < 4.78 is 61.6. The molecule has 0 saturated heterocycles. The van der Waals surface area contributed by atoms with Gasteiger partial charge in [-0.25, -0.2) is 16.8 Å². The van der Waals surface area contributed by atoms with Crippen LogP contribution in [0.15, 0.2) is 58.3 Å². The first kappa shape index (κ1) is 26.6. The molecule has 10 heteroatoms. The van der Waals surface area contributed by atoms with Gasteiger partial charge in [0.25, 0.3) is 19.7 Å². The number of unbranched alkanes of at least 4 members (excludes halogenated alkanes) is 3. The molecule has 0 N–H and O–H groups in total. The first-order valence-corrected chi connectivity index (χ1v) is 13.6. The van der Waals surface area contributed by atoms with Crippen LogP contribution in [-0.4, -0.2) is 38.2 Å². The highest BCUT2D eigenvalue weighted by molar-refractivity contribution is 8.31. The standard InChI is InChI=1S/C23H30N2O6S2/c1-5-6-7-8-17-30-18-9-13-20(14-10-18)32(26,27)22(25-24)33(28,29)21-15-11-19(12-16-21)31-23(2,3)4/h9-16H,5-8,17H2,1-4H3. The largest absolute Gasteiger partial charge is 0.504 e. The lowest BCUT2D eigenvalue weighted by Crippen LogP contribution is -2.26. The van der Waals surface area contributed by atoms with E-state index in [1.165, 1.54) is 48.5 Å². The molecule has 0 radical (unpaired) electrons. The van der Waals surface area contributed by atoms with Crippen LogP contribution in [0.5, 0.6) is 11.5 Å². The molecule has 0 atom stereocenters. The lowest BCUT2D eigenvalue weighted by atomic mass is 10.2. The van der Waals surface area contributed by atoms with Crippen molar-refractivity contribution >= 4 is 24.1 Å². The Balaban J connectivity index is 2.23. The molecule has 0 aliphatic carbocycles. The lowest BCUT2D eigenvalue weighted by Gasteiger charge is -2.21. The number of benzene rings is 2. The summed E-state index contributed by atoms with van der Waals surface area (Å²) in [5, 5.41) is 0. The first-order valence-electron chi connectivity index (χ1n) is 10.7. The van der Waals surface area contributed by atoms with E-state index in [0.717, 1.165) is 25.7 Å². The van der Waals surface area contributed by atoms with Gasteiger partial charge < -0.3 is 15.0 Å². The predicted octanol–water partition coefficient (Wildman–Crippen LogP) is 4.66. The van der Waals surface area contributed by atoms with Gasteiger partial charge in [-0.05, 0) is 75.7 Å². The van der Waals surface area contributed by atoms with Crippen LogP contribution < -0.4 is 9.47 Å². The molecule has 2 aromatic rings. The summed E-state index contributed by atoms with van der Waals surface area (Å²) in [6.45, 7) is 8.12. The van der Waals surface area contributed by atoms with E-state index in [-0.39, 0.29) is 9.79 Å². The third-order valence-electron chi connectivity index (χ3n) is 4.50. The molecule has 0 bridgehead atoms.